The van der Waals surface area contributed by atoms with Gasteiger partial charge in [0.15, 0.2) is 0 Å². The summed E-state index contributed by atoms with van der Waals surface area (Å²) in [6.45, 7) is 6.57. The summed E-state index contributed by atoms with van der Waals surface area (Å²) in [6.07, 6.45) is 5.10. The molecule has 1 saturated carbocycles. The fraction of sp³-hybridized carbons (Fsp3) is 1.00. The van der Waals surface area contributed by atoms with Gasteiger partial charge in [-0.1, -0.05) is 33.6 Å². The van der Waals surface area contributed by atoms with Crippen molar-refractivity contribution < 1.29 is 5.11 Å². The number of aliphatic hydroxyl groups excluding tert-OH is 1. The van der Waals surface area contributed by atoms with Crippen molar-refractivity contribution in [1.82, 2.24) is 0 Å². The van der Waals surface area contributed by atoms with E-state index >= 15 is 0 Å². The van der Waals surface area contributed by atoms with Gasteiger partial charge in [-0.25, -0.2) is 0 Å². The first-order valence-corrected chi connectivity index (χ1v) is 5.31. The van der Waals surface area contributed by atoms with Crippen molar-refractivity contribution in [2.45, 2.75) is 52.6 Å². The second-order valence-corrected chi connectivity index (χ2v) is 4.64. The summed E-state index contributed by atoms with van der Waals surface area (Å²) < 4.78 is 0. The molecule has 1 heteroatoms. The van der Waals surface area contributed by atoms with Gasteiger partial charge in [0.1, 0.15) is 0 Å². The highest BCUT2D eigenvalue weighted by atomic mass is 16.3. The number of aliphatic hydroxyl groups is 1. The van der Waals surface area contributed by atoms with Crippen LogP contribution in [0, 0.1) is 17.8 Å². The van der Waals surface area contributed by atoms with E-state index < -0.39 is 0 Å². The molecule has 0 aliphatic heterocycles. The molecule has 0 bridgehead atoms. The molecule has 1 rings (SSSR count). The van der Waals surface area contributed by atoms with Crippen LogP contribution < -0.4 is 0 Å². The van der Waals surface area contributed by atoms with Crippen molar-refractivity contribution in [2.75, 3.05) is 0 Å². The van der Waals surface area contributed by atoms with Gasteiger partial charge >= 0.3 is 0 Å². The van der Waals surface area contributed by atoms with Gasteiger partial charge in [0.25, 0.3) is 0 Å². The van der Waals surface area contributed by atoms with Crippen molar-refractivity contribution in [2.24, 2.45) is 17.8 Å². The van der Waals surface area contributed by atoms with E-state index in [-0.39, 0.29) is 6.10 Å². The maximum absolute atomic E-state index is 9.99. The Morgan fingerprint density at radius 2 is 1.58 bits per heavy atom. The van der Waals surface area contributed by atoms with E-state index in [2.05, 4.69) is 20.8 Å². The number of hydrogen-bond donors (Lipinski definition) is 1. The first-order chi connectivity index (χ1) is 5.63. The molecular weight excluding hydrogens is 148 g/mol. The Labute approximate surface area is 76.2 Å². The molecule has 0 aromatic heterocycles. The van der Waals surface area contributed by atoms with Gasteiger partial charge in [-0.3, -0.25) is 0 Å². The molecule has 1 nitrogen and oxygen atoms in total. The fourth-order valence-corrected chi connectivity index (χ4v) is 2.12. The van der Waals surface area contributed by atoms with Gasteiger partial charge in [-0.15, -0.1) is 0 Å². The van der Waals surface area contributed by atoms with Crippen LogP contribution in [0.15, 0.2) is 0 Å². The molecule has 0 aromatic rings. The molecule has 0 saturated heterocycles. The van der Waals surface area contributed by atoms with Gasteiger partial charge in [0, 0.05) is 0 Å². The van der Waals surface area contributed by atoms with E-state index in [0.717, 1.165) is 0 Å². The van der Waals surface area contributed by atoms with E-state index in [0.29, 0.717) is 17.8 Å². The van der Waals surface area contributed by atoms with Crippen LogP contribution in [0.2, 0.25) is 0 Å². The van der Waals surface area contributed by atoms with Crippen LogP contribution in [0.5, 0.6) is 0 Å². The van der Waals surface area contributed by atoms with Gasteiger partial charge in [0.2, 0.25) is 0 Å². The summed E-state index contributed by atoms with van der Waals surface area (Å²) in [7, 11) is 0. The Hall–Kier alpha value is -0.0400. The zero-order valence-electron chi connectivity index (χ0n) is 8.59. The maximum Gasteiger partial charge on any atom is 0.0596 e. The van der Waals surface area contributed by atoms with Crippen LogP contribution in [0.4, 0.5) is 0 Å². The first-order valence-electron chi connectivity index (χ1n) is 5.31. The topological polar surface area (TPSA) is 20.2 Å². The lowest BCUT2D eigenvalue weighted by Crippen LogP contribution is -2.28. The maximum atomic E-state index is 9.99. The quantitative estimate of drug-likeness (QED) is 0.690. The van der Waals surface area contributed by atoms with E-state index in [1.54, 1.807) is 0 Å². The summed E-state index contributed by atoms with van der Waals surface area (Å²) in [4.78, 5) is 0. The van der Waals surface area contributed by atoms with E-state index in [1.807, 2.05) is 0 Å². The van der Waals surface area contributed by atoms with Crippen molar-refractivity contribution in [3.8, 4) is 0 Å². The Bertz CT molecular complexity index is 123. The second-order valence-electron chi connectivity index (χ2n) is 4.64. The van der Waals surface area contributed by atoms with Crippen molar-refractivity contribution in [3.63, 3.8) is 0 Å². The SMILES string of the molecule is CC(C)C(C)C(O)C1CCCC1. The zero-order chi connectivity index (χ0) is 9.14. The molecule has 1 N–H and O–H groups in total. The highest BCUT2D eigenvalue weighted by Crippen LogP contribution is 2.32. The summed E-state index contributed by atoms with van der Waals surface area (Å²) in [5, 5.41) is 9.99. The van der Waals surface area contributed by atoms with Gasteiger partial charge in [-0.05, 0) is 30.6 Å². The lowest BCUT2D eigenvalue weighted by molar-refractivity contribution is 0.0406. The normalized spacial score (nSPS) is 24.8. The predicted octanol–water partition coefficient (Wildman–Crippen LogP) is 2.83. The molecule has 0 radical (unpaired) electrons. The smallest absolute Gasteiger partial charge is 0.0596 e. The van der Waals surface area contributed by atoms with Crippen molar-refractivity contribution >= 4 is 0 Å². The summed E-state index contributed by atoms with van der Waals surface area (Å²) in [5.74, 6) is 1.68. The molecule has 1 aliphatic carbocycles. The monoisotopic (exact) mass is 170 g/mol. The highest BCUT2D eigenvalue weighted by molar-refractivity contribution is 4.79. The minimum Gasteiger partial charge on any atom is -0.393 e. The number of rotatable bonds is 3. The molecule has 0 heterocycles. The molecule has 1 fully saturated rings. The Kier molecular flexibility index (Phi) is 3.57. The third-order valence-electron chi connectivity index (χ3n) is 3.47. The fourth-order valence-electron chi connectivity index (χ4n) is 2.12. The van der Waals surface area contributed by atoms with Crippen LogP contribution in [-0.4, -0.2) is 11.2 Å². The molecule has 0 amide bonds. The number of hydrogen-bond acceptors (Lipinski definition) is 1. The Morgan fingerprint density at radius 1 is 1.08 bits per heavy atom. The minimum atomic E-state index is -0.0486. The average molecular weight is 170 g/mol. The zero-order valence-corrected chi connectivity index (χ0v) is 8.59. The molecule has 12 heavy (non-hydrogen) atoms. The first kappa shape index (κ1) is 10.0. The molecule has 2 atom stereocenters. The Morgan fingerprint density at radius 3 is 2.00 bits per heavy atom. The van der Waals surface area contributed by atoms with Gasteiger partial charge < -0.3 is 5.11 Å². The van der Waals surface area contributed by atoms with Crippen molar-refractivity contribution in [3.05, 3.63) is 0 Å². The highest BCUT2D eigenvalue weighted by Gasteiger charge is 2.28. The molecule has 0 aromatic carbocycles. The third kappa shape index (κ3) is 2.22. The molecular formula is C11H22O. The van der Waals surface area contributed by atoms with Crippen molar-refractivity contribution in [1.29, 1.82) is 0 Å². The largest absolute Gasteiger partial charge is 0.393 e. The summed E-state index contributed by atoms with van der Waals surface area (Å²) in [6, 6.07) is 0. The molecule has 1 aliphatic rings. The molecule has 72 valence electrons. The van der Waals surface area contributed by atoms with E-state index in [4.69, 9.17) is 0 Å². The van der Waals surface area contributed by atoms with Gasteiger partial charge in [0.05, 0.1) is 6.10 Å². The van der Waals surface area contributed by atoms with E-state index in [9.17, 15) is 5.11 Å². The van der Waals surface area contributed by atoms with E-state index in [1.165, 1.54) is 25.7 Å². The van der Waals surface area contributed by atoms with Crippen LogP contribution in [0.25, 0.3) is 0 Å². The summed E-state index contributed by atoms with van der Waals surface area (Å²) >= 11 is 0. The van der Waals surface area contributed by atoms with Crippen LogP contribution in [0.1, 0.15) is 46.5 Å². The minimum absolute atomic E-state index is 0.0486. The lowest BCUT2D eigenvalue weighted by atomic mass is 9.84. The van der Waals surface area contributed by atoms with Gasteiger partial charge in [-0.2, -0.15) is 0 Å². The predicted molar refractivity (Wildman–Crippen MR) is 52.0 cm³/mol. The summed E-state index contributed by atoms with van der Waals surface area (Å²) in [5.41, 5.74) is 0. The third-order valence-corrected chi connectivity index (χ3v) is 3.47. The van der Waals surface area contributed by atoms with Crippen LogP contribution in [-0.2, 0) is 0 Å². The molecule has 0 spiro atoms. The lowest BCUT2D eigenvalue weighted by Gasteiger charge is -2.27. The average Bonchev–Trinajstić information content (AvgIpc) is 2.53. The van der Waals surface area contributed by atoms with Crippen LogP contribution in [0.3, 0.4) is 0 Å². The Balaban J connectivity index is 2.39. The molecule has 2 unspecified atom stereocenters. The standard InChI is InChI=1S/C11H22O/c1-8(2)9(3)11(12)10-6-4-5-7-10/h8-12H,4-7H2,1-3H3. The second kappa shape index (κ2) is 4.27. The van der Waals surface area contributed by atoms with Crippen LogP contribution >= 0.6 is 0 Å².